The van der Waals surface area contributed by atoms with Crippen LogP contribution in [0.25, 0.3) is 10.8 Å². The number of rotatable bonds is 9. The molecule has 3 rings (SSSR count). The van der Waals surface area contributed by atoms with E-state index in [1.165, 1.54) is 0 Å². The van der Waals surface area contributed by atoms with E-state index >= 15 is 0 Å². The van der Waals surface area contributed by atoms with E-state index in [1.807, 2.05) is 36.4 Å². The summed E-state index contributed by atoms with van der Waals surface area (Å²) in [5.74, 6) is -1.99. The van der Waals surface area contributed by atoms with Crippen LogP contribution in [0.5, 0.6) is 0 Å². The van der Waals surface area contributed by atoms with Crippen LogP contribution in [-0.4, -0.2) is 40.4 Å². The molecule has 3 aromatic rings. The molecule has 2 atom stereocenters. The first-order chi connectivity index (χ1) is 18.9. The molecule has 3 aromatic carbocycles. The zero-order valence-electron chi connectivity index (χ0n) is 23.1. The Balaban J connectivity index is 1.98. The average molecular weight is 543 g/mol. The van der Waals surface area contributed by atoms with Crippen molar-refractivity contribution in [3.63, 3.8) is 0 Å². The fraction of sp³-hybridized carbons (Fsp3) is 0.290. The van der Waals surface area contributed by atoms with Gasteiger partial charge in [0.15, 0.2) is 0 Å². The number of terminal acetylenes is 1. The Morgan fingerprint density at radius 3 is 2.27 bits per heavy atom. The highest BCUT2D eigenvalue weighted by molar-refractivity contribution is 6.01. The predicted molar refractivity (Wildman–Crippen MR) is 154 cm³/mol. The summed E-state index contributed by atoms with van der Waals surface area (Å²) in [6, 6.07) is 20.0. The number of hydrogen-bond donors (Lipinski definition) is 3. The van der Waals surface area contributed by atoms with Gasteiger partial charge in [0.2, 0.25) is 5.91 Å². The standard InChI is InChI=1S/C31H34N4O5/c1-6-35(29(38)25(17-18-26(32)36)34-30(39)40-31(3,4)5)27(24-14-10-7-11-20(24)2)28(37)33-23-16-15-21-12-8-9-13-22(21)19-23/h1,7-16,19,25,27H,17-18H2,2-5H3,(H2,32,36)(H,33,37)(H,34,39). The van der Waals surface area contributed by atoms with Crippen LogP contribution in [0, 0.1) is 19.4 Å². The van der Waals surface area contributed by atoms with E-state index in [1.54, 1.807) is 58.0 Å². The van der Waals surface area contributed by atoms with Gasteiger partial charge in [-0.3, -0.25) is 19.3 Å². The third-order valence-electron chi connectivity index (χ3n) is 6.05. The topological polar surface area (TPSA) is 131 Å². The number of amides is 4. The van der Waals surface area contributed by atoms with E-state index in [0.717, 1.165) is 21.2 Å². The maximum absolute atomic E-state index is 13.8. The third-order valence-corrected chi connectivity index (χ3v) is 6.05. The molecular formula is C31H34N4O5. The van der Waals surface area contributed by atoms with Crippen LogP contribution in [0.1, 0.15) is 50.8 Å². The summed E-state index contributed by atoms with van der Waals surface area (Å²) in [7, 11) is 0. The quantitative estimate of drug-likeness (QED) is 0.272. The Labute approximate surface area is 234 Å². The molecule has 4 N–H and O–H groups in total. The smallest absolute Gasteiger partial charge is 0.408 e. The third kappa shape index (κ3) is 7.84. The number of nitrogens with one attached hydrogen (secondary N) is 2. The summed E-state index contributed by atoms with van der Waals surface area (Å²) in [5.41, 5.74) is 6.22. The summed E-state index contributed by atoms with van der Waals surface area (Å²) in [6.07, 6.45) is 4.61. The highest BCUT2D eigenvalue weighted by Crippen LogP contribution is 2.28. The van der Waals surface area contributed by atoms with Crippen molar-refractivity contribution >= 4 is 40.3 Å². The summed E-state index contributed by atoms with van der Waals surface area (Å²) in [5, 5.41) is 7.29. The molecule has 0 fully saturated rings. The van der Waals surface area contributed by atoms with Crippen molar-refractivity contribution in [2.45, 2.75) is 58.2 Å². The van der Waals surface area contributed by atoms with Gasteiger partial charge in [-0.15, -0.1) is 0 Å². The monoisotopic (exact) mass is 542 g/mol. The van der Waals surface area contributed by atoms with Crippen molar-refractivity contribution in [1.82, 2.24) is 10.2 Å². The molecule has 0 saturated carbocycles. The predicted octanol–water partition coefficient (Wildman–Crippen LogP) is 4.41. The van der Waals surface area contributed by atoms with E-state index in [9.17, 15) is 19.2 Å². The van der Waals surface area contributed by atoms with Crippen molar-refractivity contribution in [1.29, 1.82) is 0 Å². The van der Waals surface area contributed by atoms with Crippen LogP contribution >= 0.6 is 0 Å². The summed E-state index contributed by atoms with van der Waals surface area (Å²) < 4.78 is 5.30. The van der Waals surface area contributed by atoms with E-state index in [-0.39, 0.29) is 12.8 Å². The highest BCUT2D eigenvalue weighted by atomic mass is 16.6. The van der Waals surface area contributed by atoms with Gasteiger partial charge in [-0.1, -0.05) is 61.0 Å². The number of nitrogens with two attached hydrogens (primary N) is 1. The fourth-order valence-corrected chi connectivity index (χ4v) is 4.20. The molecule has 0 heterocycles. The molecule has 0 radical (unpaired) electrons. The zero-order valence-corrected chi connectivity index (χ0v) is 23.1. The molecule has 0 aliphatic rings. The second kappa shape index (κ2) is 12.8. The lowest BCUT2D eigenvalue weighted by atomic mass is 9.98. The van der Waals surface area contributed by atoms with E-state index in [0.29, 0.717) is 11.3 Å². The average Bonchev–Trinajstić information content (AvgIpc) is 2.88. The molecule has 40 heavy (non-hydrogen) atoms. The largest absolute Gasteiger partial charge is 0.444 e. The van der Waals surface area contributed by atoms with E-state index in [2.05, 4.69) is 16.7 Å². The van der Waals surface area contributed by atoms with E-state index < -0.39 is 41.5 Å². The molecule has 4 amide bonds. The van der Waals surface area contributed by atoms with Gasteiger partial charge in [0.25, 0.3) is 11.8 Å². The molecule has 2 unspecified atom stereocenters. The Morgan fingerprint density at radius 1 is 1.00 bits per heavy atom. The maximum Gasteiger partial charge on any atom is 0.408 e. The lowest BCUT2D eigenvalue weighted by Crippen LogP contribution is -2.51. The first-order valence-electron chi connectivity index (χ1n) is 12.8. The SMILES string of the molecule is C#CN(C(=O)C(CCC(N)=O)NC(=O)OC(C)(C)C)C(C(=O)Nc1ccc2ccccc2c1)c1ccccc1C. The maximum atomic E-state index is 13.8. The minimum absolute atomic E-state index is 0.141. The first-order valence-corrected chi connectivity index (χ1v) is 12.8. The highest BCUT2D eigenvalue weighted by Gasteiger charge is 2.36. The Bertz CT molecular complexity index is 1450. The Morgan fingerprint density at radius 2 is 1.65 bits per heavy atom. The van der Waals surface area contributed by atoms with Gasteiger partial charge in [-0.05, 0) is 68.1 Å². The van der Waals surface area contributed by atoms with Gasteiger partial charge < -0.3 is 21.1 Å². The van der Waals surface area contributed by atoms with E-state index in [4.69, 9.17) is 16.9 Å². The van der Waals surface area contributed by atoms with Crippen molar-refractivity contribution in [3.8, 4) is 12.5 Å². The van der Waals surface area contributed by atoms with Crippen molar-refractivity contribution in [3.05, 3.63) is 77.9 Å². The summed E-state index contributed by atoms with van der Waals surface area (Å²) >= 11 is 0. The van der Waals surface area contributed by atoms with Crippen LogP contribution in [0.15, 0.2) is 66.7 Å². The number of carbonyl (C=O) groups excluding carboxylic acids is 4. The number of benzene rings is 3. The van der Waals surface area contributed by atoms with Crippen molar-refractivity contribution in [2.24, 2.45) is 5.73 Å². The molecule has 0 aromatic heterocycles. The number of ether oxygens (including phenoxy) is 1. The van der Waals surface area contributed by atoms with Crippen LogP contribution in [0.4, 0.5) is 10.5 Å². The van der Waals surface area contributed by atoms with Crippen LogP contribution in [-0.2, 0) is 19.1 Å². The number of primary amides is 1. The number of hydrogen-bond acceptors (Lipinski definition) is 5. The molecule has 0 spiro atoms. The summed E-state index contributed by atoms with van der Waals surface area (Å²) in [6.45, 7) is 6.82. The number of fused-ring (bicyclic) bond motifs is 1. The van der Waals surface area contributed by atoms with Gasteiger partial charge in [-0.2, -0.15) is 0 Å². The number of aryl methyl sites for hydroxylation is 1. The minimum atomic E-state index is -1.28. The first kappa shape index (κ1) is 29.7. The van der Waals surface area contributed by atoms with Gasteiger partial charge in [-0.25, -0.2) is 4.79 Å². The number of nitrogens with zero attached hydrogens (tertiary/aromatic N) is 1. The lowest BCUT2D eigenvalue weighted by molar-refractivity contribution is -0.137. The minimum Gasteiger partial charge on any atom is -0.444 e. The molecule has 0 aliphatic carbocycles. The molecule has 208 valence electrons. The second-order valence-electron chi connectivity index (χ2n) is 10.4. The second-order valence-corrected chi connectivity index (χ2v) is 10.4. The van der Waals surface area contributed by atoms with Crippen LogP contribution in [0.3, 0.4) is 0 Å². The number of anilines is 1. The molecule has 0 bridgehead atoms. The molecule has 0 saturated heterocycles. The van der Waals surface area contributed by atoms with Gasteiger partial charge in [0, 0.05) is 18.2 Å². The van der Waals surface area contributed by atoms with Crippen LogP contribution in [0.2, 0.25) is 0 Å². The zero-order chi connectivity index (χ0) is 29.4. The lowest BCUT2D eigenvalue weighted by Gasteiger charge is -2.31. The van der Waals surface area contributed by atoms with Gasteiger partial charge >= 0.3 is 6.09 Å². The molecular weight excluding hydrogens is 508 g/mol. The van der Waals surface area contributed by atoms with Crippen molar-refractivity contribution < 1.29 is 23.9 Å². The number of carbonyl (C=O) groups is 4. The normalized spacial score (nSPS) is 12.5. The number of alkyl carbamates (subject to hydrolysis) is 1. The Kier molecular flexibility index (Phi) is 9.51. The van der Waals surface area contributed by atoms with Crippen LogP contribution < -0.4 is 16.4 Å². The van der Waals surface area contributed by atoms with Crippen molar-refractivity contribution in [2.75, 3.05) is 5.32 Å². The molecule has 0 aliphatic heterocycles. The van der Waals surface area contributed by atoms with Gasteiger partial charge in [0.05, 0.1) is 0 Å². The Hall–Kier alpha value is -4.84. The summed E-state index contributed by atoms with van der Waals surface area (Å²) in [4.78, 5) is 52.7. The molecule has 9 heteroatoms. The molecule has 9 nitrogen and oxygen atoms in total. The van der Waals surface area contributed by atoms with Gasteiger partial charge in [0.1, 0.15) is 17.7 Å². The fourth-order valence-electron chi connectivity index (χ4n) is 4.20.